The van der Waals surface area contributed by atoms with Crippen molar-refractivity contribution in [1.82, 2.24) is 4.98 Å². The molecule has 9 aromatic rings. The van der Waals surface area contributed by atoms with Gasteiger partial charge in [0.05, 0.1) is 5.39 Å². The van der Waals surface area contributed by atoms with Crippen LogP contribution in [0.1, 0.15) is 0 Å². The minimum Gasteiger partial charge on any atom is -0.456 e. The Bertz CT molecular complexity index is 2500. The molecular weight excluding hydrogens is 576 g/mol. The molecule has 2 heterocycles. The maximum atomic E-state index is 6.34. The van der Waals surface area contributed by atoms with Gasteiger partial charge in [0.2, 0.25) is 5.89 Å². The highest BCUT2D eigenvalue weighted by molar-refractivity contribution is 6.17. The van der Waals surface area contributed by atoms with E-state index in [1.54, 1.807) is 0 Å². The Balaban J connectivity index is 1.17. The lowest BCUT2D eigenvalue weighted by Crippen LogP contribution is -2.09. The smallest absolute Gasteiger partial charge is 0.227 e. The van der Waals surface area contributed by atoms with Crippen molar-refractivity contribution in [2.24, 2.45) is 0 Å². The summed E-state index contributed by atoms with van der Waals surface area (Å²) in [5.41, 5.74) is 11.9. The summed E-state index contributed by atoms with van der Waals surface area (Å²) in [6.07, 6.45) is 0. The quantitative estimate of drug-likeness (QED) is 0.189. The number of oxazole rings is 1. The van der Waals surface area contributed by atoms with Crippen molar-refractivity contribution in [3.8, 4) is 33.7 Å². The predicted molar refractivity (Wildman–Crippen MR) is 192 cm³/mol. The summed E-state index contributed by atoms with van der Waals surface area (Å²) in [5.74, 6) is 0.595. The van der Waals surface area contributed by atoms with Crippen molar-refractivity contribution >= 4 is 50.1 Å². The van der Waals surface area contributed by atoms with E-state index in [0.717, 1.165) is 61.2 Å². The van der Waals surface area contributed by atoms with Crippen LogP contribution in [0.2, 0.25) is 0 Å². The molecule has 0 aliphatic carbocycles. The highest BCUT2D eigenvalue weighted by atomic mass is 16.4. The number of fused-ring (bicyclic) bond motifs is 5. The number of furan rings is 1. The van der Waals surface area contributed by atoms with E-state index >= 15 is 0 Å². The fourth-order valence-electron chi connectivity index (χ4n) is 6.42. The molecule has 0 unspecified atom stereocenters. The molecule has 222 valence electrons. The standard InChI is InChI=1S/C43H28N2O2/c1-4-11-29(12-5-1)30-19-21-31(22-20-30)33-15-10-18-35(27-33)45(34-16-8-3-9-17-34)36-23-24-38-37(28-36)41-39(46-38)25-26-40-42(41)44-43(47-40)32-13-6-2-7-14-32/h1-28H. The Kier molecular flexibility index (Phi) is 6.43. The molecule has 0 N–H and O–H groups in total. The number of hydrogen-bond acceptors (Lipinski definition) is 4. The van der Waals surface area contributed by atoms with Gasteiger partial charge < -0.3 is 13.7 Å². The van der Waals surface area contributed by atoms with Crippen molar-refractivity contribution in [1.29, 1.82) is 0 Å². The molecule has 0 saturated heterocycles. The van der Waals surface area contributed by atoms with Crippen molar-refractivity contribution in [2.75, 3.05) is 4.90 Å². The van der Waals surface area contributed by atoms with Gasteiger partial charge in [-0.1, -0.05) is 103 Å². The molecule has 0 spiro atoms. The Morgan fingerprint density at radius 2 is 0.936 bits per heavy atom. The molecule has 9 rings (SSSR count). The average Bonchev–Trinajstić information content (AvgIpc) is 3.75. The van der Waals surface area contributed by atoms with Gasteiger partial charge in [0, 0.05) is 28.0 Å². The molecule has 0 fully saturated rings. The first-order valence-corrected chi connectivity index (χ1v) is 15.7. The molecule has 4 nitrogen and oxygen atoms in total. The topological polar surface area (TPSA) is 42.4 Å². The van der Waals surface area contributed by atoms with Gasteiger partial charge in [-0.15, -0.1) is 0 Å². The minimum atomic E-state index is 0.595. The van der Waals surface area contributed by atoms with Gasteiger partial charge in [-0.3, -0.25) is 0 Å². The van der Waals surface area contributed by atoms with Crippen LogP contribution in [-0.2, 0) is 0 Å². The summed E-state index contributed by atoms with van der Waals surface area (Å²) < 4.78 is 12.6. The van der Waals surface area contributed by atoms with Crippen molar-refractivity contribution < 1.29 is 8.83 Å². The van der Waals surface area contributed by atoms with Gasteiger partial charge in [0.1, 0.15) is 16.7 Å². The summed E-state index contributed by atoms with van der Waals surface area (Å²) in [4.78, 5) is 7.24. The van der Waals surface area contributed by atoms with Crippen LogP contribution < -0.4 is 4.90 Å². The molecule has 47 heavy (non-hydrogen) atoms. The average molecular weight is 605 g/mol. The van der Waals surface area contributed by atoms with Gasteiger partial charge >= 0.3 is 0 Å². The lowest BCUT2D eigenvalue weighted by atomic mass is 10.00. The third kappa shape index (κ3) is 4.84. The van der Waals surface area contributed by atoms with Crippen LogP contribution in [0.5, 0.6) is 0 Å². The summed E-state index contributed by atoms with van der Waals surface area (Å²) >= 11 is 0. The number of benzene rings is 7. The normalized spacial score (nSPS) is 11.4. The number of anilines is 3. The van der Waals surface area contributed by atoms with Crippen LogP contribution in [0, 0.1) is 0 Å². The summed E-state index contributed by atoms with van der Waals surface area (Å²) in [6.45, 7) is 0. The van der Waals surface area contributed by atoms with Crippen LogP contribution in [0.15, 0.2) is 179 Å². The second kappa shape index (κ2) is 11.2. The lowest BCUT2D eigenvalue weighted by Gasteiger charge is -2.26. The largest absolute Gasteiger partial charge is 0.456 e. The van der Waals surface area contributed by atoms with Crippen LogP contribution in [-0.4, -0.2) is 4.98 Å². The Morgan fingerprint density at radius 3 is 1.68 bits per heavy atom. The SMILES string of the molecule is c1ccc(-c2ccc(-c3cccc(N(c4ccccc4)c4ccc5oc6ccc7oc(-c8ccccc8)nc7c6c5c4)c3)cc2)cc1. The first kappa shape index (κ1) is 27.0. The zero-order valence-electron chi connectivity index (χ0n) is 25.4. The highest BCUT2D eigenvalue weighted by Gasteiger charge is 2.19. The zero-order valence-corrected chi connectivity index (χ0v) is 25.4. The van der Waals surface area contributed by atoms with E-state index in [1.165, 1.54) is 16.7 Å². The first-order valence-electron chi connectivity index (χ1n) is 15.7. The van der Waals surface area contributed by atoms with E-state index in [-0.39, 0.29) is 0 Å². The van der Waals surface area contributed by atoms with Gasteiger partial charge in [-0.25, -0.2) is 4.98 Å². The third-order valence-corrected chi connectivity index (χ3v) is 8.70. The van der Waals surface area contributed by atoms with Gasteiger partial charge in [-0.2, -0.15) is 0 Å². The van der Waals surface area contributed by atoms with Gasteiger partial charge in [0.15, 0.2) is 5.58 Å². The predicted octanol–water partition coefficient (Wildman–Crippen LogP) is 12.2. The van der Waals surface area contributed by atoms with Crippen LogP contribution in [0.25, 0.3) is 66.7 Å². The number of para-hydroxylation sites is 1. The maximum absolute atomic E-state index is 6.34. The Hall–Kier alpha value is -6.39. The molecule has 7 aromatic carbocycles. The number of hydrogen-bond donors (Lipinski definition) is 0. The van der Waals surface area contributed by atoms with Crippen molar-refractivity contribution in [3.63, 3.8) is 0 Å². The maximum Gasteiger partial charge on any atom is 0.227 e. The monoisotopic (exact) mass is 604 g/mol. The molecular formula is C43H28N2O2. The van der Waals surface area contributed by atoms with Crippen LogP contribution >= 0.6 is 0 Å². The summed E-state index contributed by atoms with van der Waals surface area (Å²) in [7, 11) is 0. The Morgan fingerprint density at radius 1 is 0.383 bits per heavy atom. The van der Waals surface area contributed by atoms with E-state index in [1.807, 2.05) is 54.6 Å². The zero-order chi connectivity index (χ0) is 31.2. The number of rotatable bonds is 6. The number of nitrogens with zero attached hydrogens (tertiary/aromatic N) is 2. The molecule has 0 aliphatic heterocycles. The summed E-state index contributed by atoms with van der Waals surface area (Å²) in [6, 6.07) is 58.7. The van der Waals surface area contributed by atoms with E-state index in [9.17, 15) is 0 Å². The van der Waals surface area contributed by atoms with E-state index < -0.39 is 0 Å². The fraction of sp³-hybridized carbons (Fsp3) is 0. The second-order valence-corrected chi connectivity index (χ2v) is 11.6. The van der Waals surface area contributed by atoms with Crippen LogP contribution in [0.4, 0.5) is 17.1 Å². The highest BCUT2D eigenvalue weighted by Crippen LogP contribution is 2.42. The number of aromatic nitrogens is 1. The Labute approximate surface area is 271 Å². The molecule has 0 radical (unpaired) electrons. The second-order valence-electron chi connectivity index (χ2n) is 11.6. The van der Waals surface area contributed by atoms with Crippen molar-refractivity contribution in [2.45, 2.75) is 0 Å². The molecule has 0 bridgehead atoms. The molecule has 4 heteroatoms. The van der Waals surface area contributed by atoms with E-state index in [4.69, 9.17) is 13.8 Å². The fourth-order valence-corrected chi connectivity index (χ4v) is 6.42. The first-order chi connectivity index (χ1) is 23.3. The van der Waals surface area contributed by atoms with Gasteiger partial charge in [0.25, 0.3) is 0 Å². The van der Waals surface area contributed by atoms with Crippen LogP contribution in [0.3, 0.4) is 0 Å². The molecule has 0 saturated carbocycles. The van der Waals surface area contributed by atoms with Crippen molar-refractivity contribution in [3.05, 3.63) is 170 Å². The third-order valence-electron chi connectivity index (χ3n) is 8.70. The van der Waals surface area contributed by atoms with E-state index in [2.05, 4.69) is 120 Å². The lowest BCUT2D eigenvalue weighted by molar-refractivity contribution is 0.619. The molecule has 0 atom stereocenters. The molecule has 0 aliphatic rings. The van der Waals surface area contributed by atoms with Gasteiger partial charge in [-0.05, 0) is 89.0 Å². The molecule has 2 aromatic heterocycles. The molecule has 0 amide bonds. The minimum absolute atomic E-state index is 0.595. The summed E-state index contributed by atoms with van der Waals surface area (Å²) in [5, 5.41) is 1.94. The van der Waals surface area contributed by atoms with E-state index in [0.29, 0.717) is 5.89 Å².